The van der Waals surface area contributed by atoms with Crippen LogP contribution in [0.25, 0.3) is 0 Å². The predicted octanol–water partition coefficient (Wildman–Crippen LogP) is 4.32. The van der Waals surface area contributed by atoms with Crippen molar-refractivity contribution < 1.29 is 14.3 Å². The molecule has 4 heteroatoms. The van der Waals surface area contributed by atoms with Crippen LogP contribution in [0.15, 0.2) is 78.9 Å². The van der Waals surface area contributed by atoms with Crippen LogP contribution in [0.5, 0.6) is 5.75 Å². The SMILES string of the molecule is CN(CCc1ccccc1)C(=O)Cc1cc(OCc2ccccc2)ccc1C=O. The van der Waals surface area contributed by atoms with Crippen molar-refractivity contribution in [1.82, 2.24) is 4.90 Å². The Balaban J connectivity index is 1.61. The molecular weight excluding hydrogens is 362 g/mol. The number of ether oxygens (including phenoxy) is 1. The van der Waals surface area contributed by atoms with Crippen LogP contribution in [-0.2, 0) is 24.2 Å². The Morgan fingerprint density at radius 2 is 1.59 bits per heavy atom. The third-order valence-corrected chi connectivity index (χ3v) is 4.84. The molecule has 0 radical (unpaired) electrons. The van der Waals surface area contributed by atoms with Crippen molar-refractivity contribution in [3.8, 4) is 5.75 Å². The lowest BCUT2D eigenvalue weighted by Crippen LogP contribution is -2.30. The van der Waals surface area contributed by atoms with Crippen molar-refractivity contribution in [3.63, 3.8) is 0 Å². The fourth-order valence-electron chi connectivity index (χ4n) is 3.04. The average Bonchev–Trinajstić information content (AvgIpc) is 2.77. The number of benzene rings is 3. The minimum Gasteiger partial charge on any atom is -0.489 e. The van der Waals surface area contributed by atoms with E-state index in [0.29, 0.717) is 30.0 Å². The standard InChI is InChI=1S/C25H25NO3/c1-26(15-14-20-8-4-2-5-9-20)25(28)17-23-16-24(13-12-22(23)18-27)29-19-21-10-6-3-7-11-21/h2-13,16,18H,14-15,17,19H2,1H3. The molecule has 0 saturated carbocycles. The van der Waals surface area contributed by atoms with Crippen LogP contribution in [0.2, 0.25) is 0 Å². The number of hydrogen-bond donors (Lipinski definition) is 0. The zero-order valence-electron chi connectivity index (χ0n) is 16.6. The first kappa shape index (κ1) is 20.3. The summed E-state index contributed by atoms with van der Waals surface area (Å²) in [5.41, 5.74) is 3.45. The van der Waals surface area contributed by atoms with Crippen LogP contribution >= 0.6 is 0 Å². The third-order valence-electron chi connectivity index (χ3n) is 4.84. The average molecular weight is 387 g/mol. The summed E-state index contributed by atoms with van der Waals surface area (Å²) in [5.74, 6) is 0.624. The van der Waals surface area contributed by atoms with Gasteiger partial charge in [0.2, 0.25) is 5.91 Å². The Bertz CT molecular complexity index is 939. The summed E-state index contributed by atoms with van der Waals surface area (Å²) >= 11 is 0. The largest absolute Gasteiger partial charge is 0.489 e. The smallest absolute Gasteiger partial charge is 0.226 e. The molecule has 0 atom stereocenters. The molecule has 0 N–H and O–H groups in total. The number of hydrogen-bond acceptors (Lipinski definition) is 3. The molecule has 0 fully saturated rings. The maximum absolute atomic E-state index is 12.7. The lowest BCUT2D eigenvalue weighted by atomic mass is 10.0. The summed E-state index contributed by atoms with van der Waals surface area (Å²) in [6, 6.07) is 25.2. The van der Waals surface area contributed by atoms with Crippen molar-refractivity contribution in [2.75, 3.05) is 13.6 Å². The lowest BCUT2D eigenvalue weighted by Gasteiger charge is -2.18. The number of carbonyl (C=O) groups excluding carboxylic acids is 2. The Kier molecular flexibility index (Phi) is 7.17. The van der Waals surface area contributed by atoms with Gasteiger partial charge in [0.15, 0.2) is 0 Å². The van der Waals surface area contributed by atoms with E-state index in [1.165, 1.54) is 5.56 Å². The molecule has 0 aliphatic heterocycles. The second kappa shape index (κ2) is 10.2. The monoisotopic (exact) mass is 387 g/mol. The second-order valence-corrected chi connectivity index (χ2v) is 6.98. The molecule has 29 heavy (non-hydrogen) atoms. The maximum Gasteiger partial charge on any atom is 0.226 e. The number of amides is 1. The fraction of sp³-hybridized carbons (Fsp3) is 0.200. The zero-order valence-corrected chi connectivity index (χ0v) is 16.6. The Morgan fingerprint density at radius 1 is 0.931 bits per heavy atom. The molecule has 0 heterocycles. The summed E-state index contributed by atoms with van der Waals surface area (Å²) in [7, 11) is 1.79. The predicted molar refractivity (Wildman–Crippen MR) is 114 cm³/mol. The van der Waals surface area contributed by atoms with Gasteiger partial charge in [0.25, 0.3) is 0 Å². The Morgan fingerprint density at radius 3 is 2.24 bits per heavy atom. The van der Waals surface area contributed by atoms with Crippen LogP contribution in [0, 0.1) is 0 Å². The van der Waals surface area contributed by atoms with E-state index in [9.17, 15) is 9.59 Å². The van der Waals surface area contributed by atoms with Gasteiger partial charge in [-0.15, -0.1) is 0 Å². The molecule has 3 aromatic carbocycles. The Labute approximate surface area is 171 Å². The fourth-order valence-corrected chi connectivity index (χ4v) is 3.04. The van der Waals surface area contributed by atoms with Crippen LogP contribution in [-0.4, -0.2) is 30.7 Å². The molecule has 0 aromatic heterocycles. The van der Waals surface area contributed by atoms with Gasteiger partial charge in [-0.2, -0.15) is 0 Å². The van der Waals surface area contributed by atoms with E-state index in [1.54, 1.807) is 30.1 Å². The van der Waals surface area contributed by atoms with Gasteiger partial charge in [-0.05, 0) is 41.3 Å². The van der Waals surface area contributed by atoms with E-state index in [0.717, 1.165) is 18.3 Å². The Hall–Kier alpha value is -3.40. The highest BCUT2D eigenvalue weighted by Gasteiger charge is 2.13. The summed E-state index contributed by atoms with van der Waals surface area (Å²) < 4.78 is 5.84. The maximum atomic E-state index is 12.7. The molecule has 3 rings (SSSR count). The minimum absolute atomic E-state index is 0.0239. The molecule has 0 unspecified atom stereocenters. The summed E-state index contributed by atoms with van der Waals surface area (Å²) in [6.07, 6.45) is 1.75. The van der Waals surface area contributed by atoms with Crippen molar-refractivity contribution >= 4 is 12.2 Å². The quantitative estimate of drug-likeness (QED) is 0.514. The normalized spacial score (nSPS) is 10.4. The van der Waals surface area contributed by atoms with Gasteiger partial charge >= 0.3 is 0 Å². The molecule has 1 amide bonds. The summed E-state index contributed by atoms with van der Waals surface area (Å²) in [5, 5.41) is 0. The molecule has 4 nitrogen and oxygen atoms in total. The third kappa shape index (κ3) is 6.04. The highest BCUT2D eigenvalue weighted by molar-refractivity contribution is 5.84. The zero-order chi connectivity index (χ0) is 20.5. The van der Waals surface area contributed by atoms with Gasteiger partial charge in [0, 0.05) is 19.2 Å². The molecule has 0 aliphatic rings. The first-order valence-electron chi connectivity index (χ1n) is 9.68. The summed E-state index contributed by atoms with van der Waals surface area (Å²) in [4.78, 5) is 25.8. The first-order valence-corrected chi connectivity index (χ1v) is 9.68. The van der Waals surface area contributed by atoms with Crippen LogP contribution in [0.3, 0.4) is 0 Å². The van der Waals surface area contributed by atoms with Crippen molar-refractivity contribution in [2.45, 2.75) is 19.4 Å². The number of carbonyl (C=O) groups is 2. The topological polar surface area (TPSA) is 46.6 Å². The highest BCUT2D eigenvalue weighted by Crippen LogP contribution is 2.19. The minimum atomic E-state index is -0.0239. The van der Waals surface area contributed by atoms with Crippen molar-refractivity contribution in [3.05, 3.63) is 101 Å². The van der Waals surface area contributed by atoms with Gasteiger partial charge in [-0.1, -0.05) is 60.7 Å². The molecule has 3 aromatic rings. The van der Waals surface area contributed by atoms with Crippen LogP contribution in [0.4, 0.5) is 0 Å². The van der Waals surface area contributed by atoms with Crippen LogP contribution in [0.1, 0.15) is 27.0 Å². The van der Waals surface area contributed by atoms with Gasteiger partial charge in [0.1, 0.15) is 18.6 Å². The molecule has 0 aliphatic carbocycles. The van der Waals surface area contributed by atoms with Crippen molar-refractivity contribution in [1.29, 1.82) is 0 Å². The van der Waals surface area contributed by atoms with E-state index >= 15 is 0 Å². The van der Waals surface area contributed by atoms with Gasteiger partial charge in [0.05, 0.1) is 6.42 Å². The van der Waals surface area contributed by atoms with E-state index in [4.69, 9.17) is 4.74 Å². The first-order chi connectivity index (χ1) is 14.2. The van der Waals surface area contributed by atoms with E-state index in [1.807, 2.05) is 48.5 Å². The van der Waals surface area contributed by atoms with Gasteiger partial charge in [-0.3, -0.25) is 9.59 Å². The second-order valence-electron chi connectivity index (χ2n) is 6.98. The van der Waals surface area contributed by atoms with Gasteiger partial charge in [-0.25, -0.2) is 0 Å². The summed E-state index contributed by atoms with van der Waals surface area (Å²) in [6.45, 7) is 1.06. The highest BCUT2D eigenvalue weighted by atomic mass is 16.5. The molecule has 0 bridgehead atoms. The van der Waals surface area contributed by atoms with Crippen molar-refractivity contribution in [2.24, 2.45) is 0 Å². The van der Waals surface area contributed by atoms with E-state index in [2.05, 4.69) is 12.1 Å². The number of nitrogens with zero attached hydrogens (tertiary/aromatic N) is 1. The van der Waals surface area contributed by atoms with Crippen LogP contribution < -0.4 is 4.74 Å². The molecule has 0 spiro atoms. The number of rotatable bonds is 9. The van der Waals surface area contributed by atoms with E-state index in [-0.39, 0.29) is 12.3 Å². The lowest BCUT2D eigenvalue weighted by molar-refractivity contribution is -0.129. The number of likely N-dealkylation sites (N-methyl/N-ethyl adjacent to an activating group) is 1. The molecule has 148 valence electrons. The van der Waals surface area contributed by atoms with Gasteiger partial charge < -0.3 is 9.64 Å². The molecular formula is C25H25NO3. The number of aldehydes is 1. The van der Waals surface area contributed by atoms with E-state index < -0.39 is 0 Å². The molecule has 0 saturated heterocycles.